The van der Waals surface area contributed by atoms with Gasteiger partial charge in [-0.15, -0.1) is 0 Å². The third kappa shape index (κ3) is 3.41. The van der Waals surface area contributed by atoms with Crippen LogP contribution < -0.4 is 4.90 Å². The number of aryl methyl sites for hydroxylation is 1. The summed E-state index contributed by atoms with van der Waals surface area (Å²) in [5.41, 5.74) is 2.58. The quantitative estimate of drug-likeness (QED) is 0.713. The predicted molar refractivity (Wildman–Crippen MR) is 70.7 cm³/mol. The van der Waals surface area contributed by atoms with Crippen LogP contribution in [0.1, 0.15) is 31.2 Å². The average molecular weight is 215 g/mol. The molecule has 0 aromatic heterocycles. The summed E-state index contributed by atoms with van der Waals surface area (Å²) in [4.78, 5) is 2.19. The maximum atomic E-state index is 2.29. The maximum absolute atomic E-state index is 2.29. The van der Waals surface area contributed by atoms with Gasteiger partial charge in [0.25, 0.3) is 0 Å². The first kappa shape index (κ1) is 11.3. The Bertz CT molecular complexity index is 363. The van der Waals surface area contributed by atoms with Crippen LogP contribution >= 0.6 is 0 Å². The molecule has 0 amide bonds. The molecule has 1 saturated carbocycles. The van der Waals surface area contributed by atoms with E-state index < -0.39 is 0 Å². The van der Waals surface area contributed by atoms with Crippen LogP contribution in [-0.2, 0) is 0 Å². The molecule has 0 N–H and O–H groups in total. The zero-order chi connectivity index (χ0) is 11.4. The molecule has 0 aliphatic heterocycles. The van der Waals surface area contributed by atoms with Crippen molar-refractivity contribution in [2.24, 2.45) is 5.92 Å². The van der Waals surface area contributed by atoms with E-state index in [-0.39, 0.29) is 0 Å². The molecule has 1 nitrogen and oxygen atoms in total. The van der Waals surface area contributed by atoms with E-state index in [4.69, 9.17) is 0 Å². The minimum Gasteiger partial charge on any atom is -0.351 e. The second-order valence-electron chi connectivity index (χ2n) is 4.86. The molecule has 0 heterocycles. The number of benzene rings is 1. The normalized spacial score (nSPS) is 15.6. The average Bonchev–Trinajstić information content (AvgIpc) is 3.08. The highest BCUT2D eigenvalue weighted by Crippen LogP contribution is 2.33. The van der Waals surface area contributed by atoms with Gasteiger partial charge in [0.2, 0.25) is 0 Å². The first-order valence-electron chi connectivity index (χ1n) is 6.22. The van der Waals surface area contributed by atoms with Crippen molar-refractivity contribution in [2.75, 3.05) is 11.9 Å². The van der Waals surface area contributed by atoms with Crippen molar-refractivity contribution in [3.8, 4) is 0 Å². The van der Waals surface area contributed by atoms with Crippen LogP contribution in [0, 0.1) is 12.8 Å². The van der Waals surface area contributed by atoms with E-state index in [0.717, 1.165) is 5.92 Å². The summed E-state index contributed by atoms with van der Waals surface area (Å²) in [5.74, 6) is 1.04. The summed E-state index contributed by atoms with van der Waals surface area (Å²) in [7, 11) is 2.11. The van der Waals surface area contributed by atoms with Crippen LogP contribution in [0.5, 0.6) is 0 Å². The summed E-state index contributed by atoms with van der Waals surface area (Å²) in [6.07, 6.45) is 10.00. The summed E-state index contributed by atoms with van der Waals surface area (Å²) in [5, 5.41) is 0. The molecule has 1 aliphatic rings. The Balaban J connectivity index is 1.83. The van der Waals surface area contributed by atoms with Crippen LogP contribution in [0.4, 0.5) is 5.69 Å². The molecule has 0 radical (unpaired) electrons. The van der Waals surface area contributed by atoms with Gasteiger partial charge in [-0.1, -0.05) is 31.1 Å². The molecule has 0 saturated heterocycles. The molecule has 0 unspecified atom stereocenters. The smallest absolute Gasteiger partial charge is 0.0406 e. The van der Waals surface area contributed by atoms with Crippen molar-refractivity contribution in [2.45, 2.75) is 32.6 Å². The van der Waals surface area contributed by atoms with Gasteiger partial charge in [0.05, 0.1) is 0 Å². The van der Waals surface area contributed by atoms with Gasteiger partial charge in [-0.05, 0) is 49.6 Å². The number of nitrogens with zero attached hydrogens (tertiary/aromatic N) is 1. The maximum Gasteiger partial charge on any atom is 0.0406 e. The highest BCUT2D eigenvalue weighted by Gasteiger charge is 2.19. The fourth-order valence-electron chi connectivity index (χ4n) is 1.90. The summed E-state index contributed by atoms with van der Waals surface area (Å²) in [6, 6.07) is 8.61. The number of hydrogen-bond donors (Lipinski definition) is 0. The third-order valence-electron chi connectivity index (χ3n) is 3.18. The Hall–Kier alpha value is -1.24. The lowest BCUT2D eigenvalue weighted by atomic mass is 10.2. The fraction of sp³-hybridized carbons (Fsp3) is 0.467. The third-order valence-corrected chi connectivity index (χ3v) is 3.18. The second-order valence-corrected chi connectivity index (χ2v) is 4.86. The van der Waals surface area contributed by atoms with Crippen LogP contribution in [0.15, 0.2) is 36.5 Å². The van der Waals surface area contributed by atoms with E-state index in [0.29, 0.717) is 0 Å². The van der Waals surface area contributed by atoms with Crippen molar-refractivity contribution in [3.05, 3.63) is 42.1 Å². The predicted octanol–water partition coefficient (Wildman–Crippen LogP) is 4.14. The number of anilines is 1. The summed E-state index contributed by atoms with van der Waals surface area (Å²) in [6.45, 7) is 2.13. The summed E-state index contributed by atoms with van der Waals surface area (Å²) >= 11 is 0. The standard InChI is InChI=1S/C15H21N/c1-13-6-5-8-15(12-13)16(2)11-4-3-7-14-9-10-14/h4-6,8,11-12,14H,3,7,9-10H2,1-2H3/b11-4+. The van der Waals surface area contributed by atoms with Crippen molar-refractivity contribution in [3.63, 3.8) is 0 Å². The van der Waals surface area contributed by atoms with Crippen LogP contribution in [0.3, 0.4) is 0 Å². The first-order valence-corrected chi connectivity index (χ1v) is 6.22. The number of allylic oxidation sites excluding steroid dienone is 1. The van der Waals surface area contributed by atoms with E-state index in [9.17, 15) is 0 Å². The molecule has 0 spiro atoms. The molecular formula is C15H21N. The van der Waals surface area contributed by atoms with Gasteiger partial charge < -0.3 is 4.90 Å². The highest BCUT2D eigenvalue weighted by molar-refractivity contribution is 5.49. The van der Waals surface area contributed by atoms with Crippen LogP contribution in [-0.4, -0.2) is 7.05 Å². The highest BCUT2D eigenvalue weighted by atomic mass is 15.1. The van der Waals surface area contributed by atoms with Crippen LogP contribution in [0.2, 0.25) is 0 Å². The lowest BCUT2D eigenvalue weighted by Gasteiger charge is -2.14. The number of rotatable bonds is 5. The monoisotopic (exact) mass is 215 g/mol. The van der Waals surface area contributed by atoms with Crippen LogP contribution in [0.25, 0.3) is 0 Å². The fourth-order valence-corrected chi connectivity index (χ4v) is 1.90. The van der Waals surface area contributed by atoms with E-state index in [2.05, 4.69) is 55.4 Å². The Morgan fingerprint density at radius 2 is 2.19 bits per heavy atom. The number of hydrogen-bond acceptors (Lipinski definition) is 1. The lowest BCUT2D eigenvalue weighted by molar-refractivity contribution is 0.740. The molecule has 16 heavy (non-hydrogen) atoms. The van der Waals surface area contributed by atoms with Crippen molar-refractivity contribution >= 4 is 5.69 Å². The molecule has 1 aliphatic carbocycles. The Kier molecular flexibility index (Phi) is 3.66. The largest absolute Gasteiger partial charge is 0.351 e. The minimum atomic E-state index is 1.04. The zero-order valence-corrected chi connectivity index (χ0v) is 10.3. The molecule has 0 bridgehead atoms. The van der Waals surface area contributed by atoms with Gasteiger partial charge in [-0.3, -0.25) is 0 Å². The molecular weight excluding hydrogens is 194 g/mol. The molecule has 86 valence electrons. The lowest BCUT2D eigenvalue weighted by Crippen LogP contribution is -2.07. The molecule has 1 aromatic rings. The van der Waals surface area contributed by atoms with Gasteiger partial charge in [0.15, 0.2) is 0 Å². The van der Waals surface area contributed by atoms with Crippen molar-refractivity contribution < 1.29 is 0 Å². The van der Waals surface area contributed by atoms with Gasteiger partial charge in [-0.25, -0.2) is 0 Å². The van der Waals surface area contributed by atoms with E-state index in [1.807, 2.05) is 0 Å². The van der Waals surface area contributed by atoms with Gasteiger partial charge in [0, 0.05) is 12.7 Å². The van der Waals surface area contributed by atoms with E-state index in [1.165, 1.54) is 36.9 Å². The minimum absolute atomic E-state index is 1.04. The molecule has 1 heteroatoms. The zero-order valence-electron chi connectivity index (χ0n) is 10.3. The Morgan fingerprint density at radius 1 is 1.38 bits per heavy atom. The topological polar surface area (TPSA) is 3.24 Å². The van der Waals surface area contributed by atoms with E-state index >= 15 is 0 Å². The Labute approximate surface area is 98.8 Å². The molecule has 1 fully saturated rings. The SMILES string of the molecule is Cc1cccc(N(C)/C=C/CCC2CC2)c1. The van der Waals surface area contributed by atoms with E-state index in [1.54, 1.807) is 0 Å². The second kappa shape index (κ2) is 5.20. The first-order chi connectivity index (χ1) is 7.75. The van der Waals surface area contributed by atoms with Gasteiger partial charge >= 0.3 is 0 Å². The molecule has 1 aromatic carbocycles. The molecule has 2 rings (SSSR count). The van der Waals surface area contributed by atoms with Gasteiger partial charge in [0.1, 0.15) is 0 Å². The van der Waals surface area contributed by atoms with Gasteiger partial charge in [-0.2, -0.15) is 0 Å². The van der Waals surface area contributed by atoms with Crippen molar-refractivity contribution in [1.29, 1.82) is 0 Å². The Morgan fingerprint density at radius 3 is 2.88 bits per heavy atom. The summed E-state index contributed by atoms with van der Waals surface area (Å²) < 4.78 is 0. The molecule has 0 atom stereocenters. The van der Waals surface area contributed by atoms with Crippen molar-refractivity contribution in [1.82, 2.24) is 0 Å².